The van der Waals surface area contributed by atoms with Crippen molar-refractivity contribution < 1.29 is 13.2 Å². The minimum absolute atomic E-state index is 0.0231. The second-order valence-corrected chi connectivity index (χ2v) is 9.68. The minimum Gasteiger partial charge on any atom is -0.341 e. The molecule has 0 saturated carbocycles. The highest BCUT2D eigenvalue weighted by molar-refractivity contribution is 8.00. The molecule has 0 aliphatic carbocycles. The Hall–Kier alpha value is -2.32. The lowest BCUT2D eigenvalue weighted by Gasteiger charge is -2.10. The molecule has 1 heterocycles. The van der Waals surface area contributed by atoms with Crippen molar-refractivity contribution in [3.63, 3.8) is 0 Å². The van der Waals surface area contributed by atoms with Crippen LogP contribution in [0.15, 0.2) is 53.4 Å². The standard InChI is InChI=1S/C19H21N3O3S2/c1-3-27(24,25)15-8-6-7-14(11-15)20-18(23)12-26-13(2)19-21-16-9-4-5-10-17(16)22-19/h4-11,13H,3,12H2,1-2H3,(H,20,23)(H,21,22). The summed E-state index contributed by atoms with van der Waals surface area (Å²) in [5, 5.41) is 2.78. The molecule has 3 aromatic rings. The number of aromatic nitrogens is 2. The van der Waals surface area contributed by atoms with Gasteiger partial charge in [-0.3, -0.25) is 4.79 Å². The third kappa shape index (κ3) is 4.70. The number of nitrogens with one attached hydrogen (secondary N) is 2. The Kier molecular flexibility index (Phi) is 5.86. The normalized spacial score (nSPS) is 12.8. The second-order valence-electron chi connectivity index (χ2n) is 6.07. The van der Waals surface area contributed by atoms with Gasteiger partial charge in [-0.2, -0.15) is 0 Å². The van der Waals surface area contributed by atoms with Crippen LogP contribution in [0, 0.1) is 0 Å². The summed E-state index contributed by atoms with van der Waals surface area (Å²) in [4.78, 5) is 20.3. The maximum absolute atomic E-state index is 12.2. The van der Waals surface area contributed by atoms with E-state index in [0.717, 1.165) is 16.9 Å². The Balaban J connectivity index is 1.60. The first-order valence-electron chi connectivity index (χ1n) is 8.58. The minimum atomic E-state index is -3.30. The van der Waals surface area contributed by atoms with E-state index in [1.165, 1.54) is 23.9 Å². The van der Waals surface area contributed by atoms with Gasteiger partial charge in [-0.25, -0.2) is 13.4 Å². The zero-order valence-corrected chi connectivity index (χ0v) is 16.7. The Morgan fingerprint density at radius 3 is 2.74 bits per heavy atom. The molecule has 0 aliphatic heterocycles. The van der Waals surface area contributed by atoms with Gasteiger partial charge in [0, 0.05) is 5.69 Å². The molecule has 0 radical (unpaired) electrons. The number of aromatic amines is 1. The third-order valence-corrected chi connectivity index (χ3v) is 7.00. The number of thioether (sulfide) groups is 1. The number of benzene rings is 2. The zero-order valence-electron chi connectivity index (χ0n) is 15.1. The summed E-state index contributed by atoms with van der Waals surface area (Å²) in [6.07, 6.45) is 0. The van der Waals surface area contributed by atoms with Crippen LogP contribution in [0.4, 0.5) is 5.69 Å². The Morgan fingerprint density at radius 2 is 2.00 bits per heavy atom. The van der Waals surface area contributed by atoms with E-state index in [1.807, 2.05) is 31.2 Å². The van der Waals surface area contributed by atoms with E-state index in [-0.39, 0.29) is 27.6 Å². The first kappa shape index (κ1) is 19.4. The lowest BCUT2D eigenvalue weighted by molar-refractivity contribution is -0.113. The van der Waals surface area contributed by atoms with Gasteiger partial charge in [-0.1, -0.05) is 25.1 Å². The Labute approximate surface area is 162 Å². The number of amides is 1. The molecule has 0 fully saturated rings. The van der Waals surface area contributed by atoms with Gasteiger partial charge >= 0.3 is 0 Å². The summed E-state index contributed by atoms with van der Waals surface area (Å²) in [6.45, 7) is 3.58. The summed E-state index contributed by atoms with van der Waals surface area (Å²) < 4.78 is 23.9. The highest BCUT2D eigenvalue weighted by Gasteiger charge is 2.15. The topological polar surface area (TPSA) is 91.9 Å². The molecule has 2 N–H and O–H groups in total. The molecule has 2 aromatic carbocycles. The number of hydrogen-bond acceptors (Lipinski definition) is 5. The summed E-state index contributed by atoms with van der Waals surface area (Å²) in [5.74, 6) is 0.900. The van der Waals surface area contributed by atoms with Crippen molar-refractivity contribution in [2.24, 2.45) is 0 Å². The molecule has 6 nitrogen and oxygen atoms in total. The monoisotopic (exact) mass is 403 g/mol. The SMILES string of the molecule is CCS(=O)(=O)c1cccc(NC(=O)CSC(C)c2nc3ccccc3[nH]2)c1. The third-order valence-electron chi connectivity index (χ3n) is 4.11. The van der Waals surface area contributed by atoms with Crippen molar-refractivity contribution in [3.05, 3.63) is 54.4 Å². The maximum Gasteiger partial charge on any atom is 0.234 e. The lowest BCUT2D eigenvalue weighted by Crippen LogP contribution is -2.15. The van der Waals surface area contributed by atoms with E-state index in [4.69, 9.17) is 0 Å². The molecule has 1 amide bonds. The van der Waals surface area contributed by atoms with Crippen LogP contribution in [0.1, 0.15) is 24.9 Å². The van der Waals surface area contributed by atoms with Gasteiger partial charge in [0.2, 0.25) is 5.91 Å². The van der Waals surface area contributed by atoms with E-state index in [2.05, 4.69) is 15.3 Å². The van der Waals surface area contributed by atoms with Crippen molar-refractivity contribution in [1.82, 2.24) is 9.97 Å². The zero-order chi connectivity index (χ0) is 19.4. The predicted molar refractivity (Wildman–Crippen MR) is 110 cm³/mol. The fourth-order valence-electron chi connectivity index (χ4n) is 2.58. The van der Waals surface area contributed by atoms with Crippen LogP contribution < -0.4 is 5.32 Å². The molecule has 8 heteroatoms. The van der Waals surface area contributed by atoms with Gasteiger partial charge in [0.25, 0.3) is 0 Å². The molecule has 0 aliphatic rings. The number of carbonyl (C=O) groups excluding carboxylic acids is 1. The number of H-pyrrole nitrogens is 1. The lowest BCUT2D eigenvalue weighted by atomic mass is 10.3. The van der Waals surface area contributed by atoms with E-state index >= 15 is 0 Å². The van der Waals surface area contributed by atoms with Crippen LogP contribution in [0.5, 0.6) is 0 Å². The largest absolute Gasteiger partial charge is 0.341 e. The van der Waals surface area contributed by atoms with Crippen molar-refractivity contribution in [3.8, 4) is 0 Å². The maximum atomic E-state index is 12.2. The molecular formula is C19H21N3O3S2. The fourth-order valence-corrected chi connectivity index (χ4v) is 4.24. The number of para-hydroxylation sites is 2. The van der Waals surface area contributed by atoms with Gasteiger partial charge in [0.05, 0.1) is 32.7 Å². The molecule has 142 valence electrons. The average molecular weight is 404 g/mol. The number of rotatable bonds is 7. The van der Waals surface area contributed by atoms with Gasteiger partial charge < -0.3 is 10.3 Å². The molecule has 1 aromatic heterocycles. The number of carbonyl (C=O) groups is 1. The smallest absolute Gasteiger partial charge is 0.234 e. The molecule has 3 rings (SSSR count). The van der Waals surface area contributed by atoms with Gasteiger partial charge in [0.1, 0.15) is 5.82 Å². The molecule has 27 heavy (non-hydrogen) atoms. The average Bonchev–Trinajstić information content (AvgIpc) is 3.10. The Morgan fingerprint density at radius 1 is 1.22 bits per heavy atom. The highest BCUT2D eigenvalue weighted by atomic mass is 32.2. The van der Waals surface area contributed by atoms with Crippen LogP contribution in [0.25, 0.3) is 11.0 Å². The molecular weight excluding hydrogens is 382 g/mol. The van der Waals surface area contributed by atoms with Gasteiger partial charge in [0.15, 0.2) is 9.84 Å². The summed E-state index contributed by atoms with van der Waals surface area (Å²) in [6, 6.07) is 14.1. The van der Waals surface area contributed by atoms with Crippen LogP contribution in [-0.2, 0) is 14.6 Å². The molecule has 1 unspecified atom stereocenters. The van der Waals surface area contributed by atoms with Crippen LogP contribution in [-0.4, -0.2) is 35.8 Å². The highest BCUT2D eigenvalue weighted by Crippen LogP contribution is 2.28. The first-order chi connectivity index (χ1) is 12.9. The van der Waals surface area contributed by atoms with E-state index in [1.54, 1.807) is 19.1 Å². The number of nitrogens with zero attached hydrogens (tertiary/aromatic N) is 1. The van der Waals surface area contributed by atoms with Crippen molar-refractivity contribution in [1.29, 1.82) is 0 Å². The van der Waals surface area contributed by atoms with Crippen molar-refractivity contribution >= 4 is 44.2 Å². The van der Waals surface area contributed by atoms with E-state index < -0.39 is 9.84 Å². The first-order valence-corrected chi connectivity index (χ1v) is 11.3. The number of imidazole rings is 1. The number of sulfone groups is 1. The molecule has 0 bridgehead atoms. The van der Waals surface area contributed by atoms with Crippen LogP contribution in [0.2, 0.25) is 0 Å². The van der Waals surface area contributed by atoms with Crippen molar-refractivity contribution in [2.75, 3.05) is 16.8 Å². The van der Waals surface area contributed by atoms with E-state index in [9.17, 15) is 13.2 Å². The second kappa shape index (κ2) is 8.14. The summed E-state index contributed by atoms with van der Waals surface area (Å²) in [5.41, 5.74) is 2.35. The molecule has 0 spiro atoms. The van der Waals surface area contributed by atoms with E-state index in [0.29, 0.717) is 5.69 Å². The quantitative estimate of drug-likeness (QED) is 0.626. The Bertz CT molecular complexity index is 1030. The van der Waals surface area contributed by atoms with Crippen LogP contribution in [0.3, 0.4) is 0 Å². The predicted octanol–water partition coefficient (Wildman–Crippen LogP) is 3.79. The van der Waals surface area contributed by atoms with Crippen molar-refractivity contribution in [2.45, 2.75) is 24.0 Å². The fraction of sp³-hybridized carbons (Fsp3) is 0.263. The number of anilines is 1. The summed E-state index contributed by atoms with van der Waals surface area (Å²) >= 11 is 1.46. The van der Waals surface area contributed by atoms with Crippen LogP contribution >= 0.6 is 11.8 Å². The molecule has 1 atom stereocenters. The summed E-state index contributed by atoms with van der Waals surface area (Å²) in [7, 11) is -3.30. The number of hydrogen-bond donors (Lipinski definition) is 2. The number of fused-ring (bicyclic) bond motifs is 1. The molecule has 0 saturated heterocycles. The van der Waals surface area contributed by atoms with Gasteiger partial charge in [-0.05, 0) is 37.3 Å². The van der Waals surface area contributed by atoms with Gasteiger partial charge in [-0.15, -0.1) is 11.8 Å².